The van der Waals surface area contributed by atoms with Crippen LogP contribution in [0.3, 0.4) is 0 Å². The molecule has 0 aliphatic heterocycles. The highest BCUT2D eigenvalue weighted by Crippen LogP contribution is 2.23. The molecule has 1 fully saturated rings. The Hall–Kier alpha value is -2.67. The van der Waals surface area contributed by atoms with E-state index >= 15 is 0 Å². The average Bonchev–Trinajstić information content (AvgIpc) is 3.23. The Morgan fingerprint density at radius 2 is 1.86 bits per heavy atom. The first-order valence-corrected chi connectivity index (χ1v) is 10.4. The van der Waals surface area contributed by atoms with Crippen LogP contribution in [0.2, 0.25) is 0 Å². The number of hydrogen-bond donors (Lipinski definition) is 2. The summed E-state index contributed by atoms with van der Waals surface area (Å²) in [5, 5.41) is 9.18. The Balaban J connectivity index is 1.54. The van der Waals surface area contributed by atoms with E-state index in [1.807, 2.05) is 0 Å². The number of carbonyl (C=O) groups excluding carboxylic acids is 3. The van der Waals surface area contributed by atoms with Crippen molar-refractivity contribution < 1.29 is 19.1 Å². The van der Waals surface area contributed by atoms with Crippen molar-refractivity contribution in [2.75, 3.05) is 11.9 Å². The molecule has 28 heavy (non-hydrogen) atoms. The lowest BCUT2D eigenvalue weighted by Gasteiger charge is -2.26. The van der Waals surface area contributed by atoms with Crippen LogP contribution in [0.15, 0.2) is 41.1 Å². The maximum atomic E-state index is 12.4. The minimum absolute atomic E-state index is 0.152. The van der Waals surface area contributed by atoms with Gasteiger partial charge in [0.25, 0.3) is 11.8 Å². The Morgan fingerprint density at radius 3 is 2.57 bits per heavy atom. The van der Waals surface area contributed by atoms with E-state index in [0.717, 1.165) is 25.7 Å². The number of thiophene rings is 1. The first-order chi connectivity index (χ1) is 13.5. The second kappa shape index (κ2) is 9.50. The molecule has 3 rings (SSSR count). The fourth-order valence-electron chi connectivity index (χ4n) is 3.24. The molecule has 0 spiro atoms. The van der Waals surface area contributed by atoms with Crippen molar-refractivity contribution in [2.24, 2.45) is 5.92 Å². The highest BCUT2D eigenvalue weighted by molar-refractivity contribution is 7.08. The van der Waals surface area contributed by atoms with Crippen LogP contribution in [-0.4, -0.2) is 30.4 Å². The number of nitrogens with one attached hydrogen (secondary N) is 2. The summed E-state index contributed by atoms with van der Waals surface area (Å²) in [6.45, 7) is 1.88. The number of ether oxygens (including phenoxy) is 1. The molecule has 148 valence electrons. The maximum Gasteiger partial charge on any atom is 0.340 e. The molecule has 1 aliphatic rings. The van der Waals surface area contributed by atoms with Crippen molar-refractivity contribution in [3.05, 3.63) is 52.2 Å². The number of hydrogen-bond acceptors (Lipinski definition) is 5. The Bertz CT molecular complexity index is 827. The van der Waals surface area contributed by atoms with Crippen LogP contribution in [0.4, 0.5) is 5.69 Å². The molecule has 1 aromatic heterocycles. The SMILES string of the molecule is CC1CCC(NC(=O)COC(=O)c2ccccc2NC(=O)c2ccsc2)CC1. The fourth-order valence-corrected chi connectivity index (χ4v) is 3.88. The van der Waals surface area contributed by atoms with Gasteiger partial charge in [-0.2, -0.15) is 11.3 Å². The van der Waals surface area contributed by atoms with Gasteiger partial charge in [0.15, 0.2) is 6.61 Å². The summed E-state index contributed by atoms with van der Waals surface area (Å²) < 4.78 is 5.17. The van der Waals surface area contributed by atoms with Crippen LogP contribution in [0.25, 0.3) is 0 Å². The van der Waals surface area contributed by atoms with E-state index in [2.05, 4.69) is 17.6 Å². The number of benzene rings is 1. The highest BCUT2D eigenvalue weighted by atomic mass is 32.1. The number of para-hydroxylation sites is 1. The molecule has 0 saturated heterocycles. The van der Waals surface area contributed by atoms with Crippen molar-refractivity contribution in [1.82, 2.24) is 5.32 Å². The van der Waals surface area contributed by atoms with Crippen LogP contribution in [0, 0.1) is 5.92 Å². The second-order valence-corrected chi connectivity index (χ2v) is 7.89. The summed E-state index contributed by atoms with van der Waals surface area (Å²) in [6, 6.07) is 8.45. The topological polar surface area (TPSA) is 84.5 Å². The van der Waals surface area contributed by atoms with Crippen LogP contribution in [-0.2, 0) is 9.53 Å². The first kappa shape index (κ1) is 20.1. The van der Waals surface area contributed by atoms with E-state index < -0.39 is 5.97 Å². The Kier molecular flexibility index (Phi) is 6.81. The van der Waals surface area contributed by atoms with Crippen molar-refractivity contribution >= 4 is 34.8 Å². The molecule has 7 heteroatoms. The van der Waals surface area contributed by atoms with Crippen molar-refractivity contribution in [3.63, 3.8) is 0 Å². The standard InChI is InChI=1S/C21H24N2O4S/c1-14-6-8-16(9-7-14)22-19(24)12-27-21(26)17-4-2-3-5-18(17)23-20(25)15-10-11-28-13-15/h2-5,10-11,13-14,16H,6-9,12H2,1H3,(H,22,24)(H,23,25). The summed E-state index contributed by atoms with van der Waals surface area (Å²) in [5.41, 5.74) is 1.09. The summed E-state index contributed by atoms with van der Waals surface area (Å²) >= 11 is 1.42. The van der Waals surface area contributed by atoms with Gasteiger partial charge in [0.1, 0.15) is 0 Å². The number of anilines is 1. The average molecular weight is 401 g/mol. The molecule has 0 unspecified atom stereocenters. The third-order valence-corrected chi connectivity index (χ3v) is 5.58. The Morgan fingerprint density at radius 1 is 1.11 bits per heavy atom. The predicted molar refractivity (Wildman–Crippen MR) is 109 cm³/mol. The number of carbonyl (C=O) groups is 3. The van der Waals surface area contributed by atoms with Gasteiger partial charge in [-0.3, -0.25) is 9.59 Å². The summed E-state index contributed by atoms with van der Waals surface area (Å²) in [6.07, 6.45) is 4.11. The molecule has 2 aromatic rings. The lowest BCUT2D eigenvalue weighted by Crippen LogP contribution is -2.39. The second-order valence-electron chi connectivity index (χ2n) is 7.11. The highest BCUT2D eigenvalue weighted by Gasteiger charge is 2.21. The third-order valence-electron chi connectivity index (χ3n) is 4.89. The van der Waals surface area contributed by atoms with Gasteiger partial charge in [0.05, 0.1) is 16.8 Å². The lowest BCUT2D eigenvalue weighted by molar-refractivity contribution is -0.125. The van der Waals surface area contributed by atoms with Gasteiger partial charge >= 0.3 is 5.97 Å². The fraction of sp³-hybridized carbons (Fsp3) is 0.381. The van der Waals surface area contributed by atoms with Gasteiger partial charge in [0, 0.05) is 11.4 Å². The molecule has 2 N–H and O–H groups in total. The number of amides is 2. The summed E-state index contributed by atoms with van der Waals surface area (Å²) in [4.78, 5) is 36.8. The van der Waals surface area contributed by atoms with E-state index in [0.29, 0.717) is 17.2 Å². The van der Waals surface area contributed by atoms with Gasteiger partial charge in [-0.05, 0) is 55.2 Å². The minimum atomic E-state index is -0.645. The van der Waals surface area contributed by atoms with Gasteiger partial charge in [-0.1, -0.05) is 19.1 Å². The van der Waals surface area contributed by atoms with E-state index in [9.17, 15) is 14.4 Å². The van der Waals surface area contributed by atoms with Gasteiger partial charge in [-0.15, -0.1) is 0 Å². The summed E-state index contributed by atoms with van der Waals surface area (Å²) in [5.74, 6) is -0.543. The monoisotopic (exact) mass is 400 g/mol. The largest absolute Gasteiger partial charge is 0.452 e. The molecule has 1 aromatic carbocycles. The lowest BCUT2D eigenvalue weighted by atomic mass is 9.87. The van der Waals surface area contributed by atoms with E-state index in [1.165, 1.54) is 11.3 Å². The van der Waals surface area contributed by atoms with Crippen LogP contribution < -0.4 is 10.6 Å². The zero-order valence-corrected chi connectivity index (χ0v) is 16.6. The molecular formula is C21H24N2O4S. The zero-order chi connectivity index (χ0) is 19.9. The first-order valence-electron chi connectivity index (χ1n) is 9.42. The molecule has 1 heterocycles. The van der Waals surface area contributed by atoms with E-state index in [1.54, 1.807) is 41.1 Å². The minimum Gasteiger partial charge on any atom is -0.452 e. The van der Waals surface area contributed by atoms with Gasteiger partial charge < -0.3 is 15.4 Å². The number of esters is 1. The van der Waals surface area contributed by atoms with E-state index in [-0.39, 0.29) is 30.0 Å². The molecule has 0 atom stereocenters. The molecule has 0 bridgehead atoms. The quantitative estimate of drug-likeness (QED) is 0.722. The van der Waals surface area contributed by atoms with Crippen LogP contribution in [0.1, 0.15) is 53.3 Å². The van der Waals surface area contributed by atoms with Gasteiger partial charge in [-0.25, -0.2) is 4.79 Å². The normalized spacial score (nSPS) is 18.9. The molecular weight excluding hydrogens is 376 g/mol. The van der Waals surface area contributed by atoms with Crippen molar-refractivity contribution in [1.29, 1.82) is 0 Å². The van der Waals surface area contributed by atoms with Crippen molar-refractivity contribution in [2.45, 2.75) is 38.6 Å². The molecule has 2 amide bonds. The molecule has 6 nitrogen and oxygen atoms in total. The maximum absolute atomic E-state index is 12.4. The predicted octanol–water partition coefficient (Wildman–Crippen LogP) is 3.85. The van der Waals surface area contributed by atoms with Crippen LogP contribution in [0.5, 0.6) is 0 Å². The van der Waals surface area contributed by atoms with Gasteiger partial charge in [0.2, 0.25) is 0 Å². The molecule has 1 aliphatic carbocycles. The van der Waals surface area contributed by atoms with Crippen molar-refractivity contribution in [3.8, 4) is 0 Å². The summed E-state index contributed by atoms with van der Waals surface area (Å²) in [7, 11) is 0. The molecule has 1 saturated carbocycles. The molecule has 0 radical (unpaired) electrons. The smallest absolute Gasteiger partial charge is 0.340 e. The zero-order valence-electron chi connectivity index (χ0n) is 15.8. The Labute approximate surface area is 168 Å². The van der Waals surface area contributed by atoms with E-state index in [4.69, 9.17) is 4.74 Å². The number of rotatable bonds is 6. The third kappa shape index (κ3) is 5.42. The van der Waals surface area contributed by atoms with Crippen LogP contribution >= 0.6 is 11.3 Å².